The van der Waals surface area contributed by atoms with Crippen molar-refractivity contribution < 1.29 is 0 Å². The highest BCUT2D eigenvalue weighted by atomic mass is 15.0. The smallest absolute Gasteiger partial charge is 0.00772 e. The van der Waals surface area contributed by atoms with E-state index >= 15 is 0 Å². The van der Waals surface area contributed by atoms with Gasteiger partial charge in [0.25, 0.3) is 0 Å². The average molecular weight is 448 g/mol. The Hall–Kier alpha value is -0.440. The van der Waals surface area contributed by atoms with Gasteiger partial charge in [0, 0.05) is 131 Å². The molecule has 0 spiro atoms. The largest absolute Gasteiger partial charge is 0.329 e. The molecule has 11 nitrogen and oxygen atoms in total. The standard InChI is InChI=1S/C20H53N11/c21-1-3-23-5-7-25-9-11-27-13-15-29-17-19-31-20-18-30-16-14-28-12-10-26-8-6-24-4-2-22/h23-31H,1-22H2. The molecule has 11 heteroatoms. The van der Waals surface area contributed by atoms with Crippen LogP contribution in [0.5, 0.6) is 0 Å². The molecule has 0 aromatic heterocycles. The lowest BCUT2D eigenvalue weighted by Crippen LogP contribution is -2.38. The Balaban J connectivity index is 2.98. The second-order valence-corrected chi connectivity index (χ2v) is 7.33. The predicted molar refractivity (Wildman–Crippen MR) is 134 cm³/mol. The molecule has 0 aromatic rings. The van der Waals surface area contributed by atoms with Crippen molar-refractivity contribution >= 4 is 0 Å². The monoisotopic (exact) mass is 447 g/mol. The number of hydrogen-bond donors (Lipinski definition) is 11. The van der Waals surface area contributed by atoms with Crippen molar-refractivity contribution in [2.45, 2.75) is 0 Å². The first-order valence-corrected chi connectivity index (χ1v) is 12.2. The molecule has 0 aliphatic heterocycles. The lowest BCUT2D eigenvalue weighted by Gasteiger charge is -2.10. The van der Waals surface area contributed by atoms with Gasteiger partial charge in [-0.1, -0.05) is 0 Å². The van der Waals surface area contributed by atoms with Crippen LogP contribution in [0, 0.1) is 0 Å². The molecule has 0 bridgehead atoms. The first kappa shape index (κ1) is 30.6. The highest BCUT2D eigenvalue weighted by Crippen LogP contribution is 1.66. The van der Waals surface area contributed by atoms with E-state index in [2.05, 4.69) is 47.9 Å². The lowest BCUT2D eigenvalue weighted by molar-refractivity contribution is 0.544. The summed E-state index contributed by atoms with van der Waals surface area (Å²) < 4.78 is 0. The van der Waals surface area contributed by atoms with Gasteiger partial charge < -0.3 is 59.3 Å². The van der Waals surface area contributed by atoms with E-state index in [-0.39, 0.29) is 0 Å². The van der Waals surface area contributed by atoms with Crippen LogP contribution in [-0.4, -0.2) is 131 Å². The summed E-state index contributed by atoms with van der Waals surface area (Å²) in [7, 11) is 0. The first-order valence-electron chi connectivity index (χ1n) is 12.2. The maximum atomic E-state index is 5.42. The lowest BCUT2D eigenvalue weighted by atomic mass is 10.5. The molecule has 0 fully saturated rings. The van der Waals surface area contributed by atoms with Gasteiger partial charge in [-0.2, -0.15) is 0 Å². The molecule has 13 N–H and O–H groups in total. The molecule has 0 radical (unpaired) electrons. The highest BCUT2D eigenvalue weighted by molar-refractivity contribution is 4.60. The fourth-order valence-electron chi connectivity index (χ4n) is 2.74. The van der Waals surface area contributed by atoms with Gasteiger partial charge in [-0.25, -0.2) is 0 Å². The second-order valence-electron chi connectivity index (χ2n) is 7.33. The van der Waals surface area contributed by atoms with Crippen LogP contribution in [0.3, 0.4) is 0 Å². The quantitative estimate of drug-likeness (QED) is 0.0522. The topological polar surface area (TPSA) is 160 Å². The number of nitrogens with one attached hydrogen (secondary N) is 9. The molecule has 188 valence electrons. The van der Waals surface area contributed by atoms with Gasteiger partial charge in [0.15, 0.2) is 0 Å². The van der Waals surface area contributed by atoms with Crippen LogP contribution in [0.15, 0.2) is 0 Å². The van der Waals surface area contributed by atoms with Gasteiger partial charge in [0.05, 0.1) is 0 Å². The van der Waals surface area contributed by atoms with Crippen LogP contribution < -0.4 is 59.3 Å². The summed E-state index contributed by atoms with van der Waals surface area (Å²) in [5, 5.41) is 30.5. The molecule has 31 heavy (non-hydrogen) atoms. The van der Waals surface area contributed by atoms with Crippen LogP contribution in [0.4, 0.5) is 0 Å². The van der Waals surface area contributed by atoms with Crippen LogP contribution >= 0.6 is 0 Å². The van der Waals surface area contributed by atoms with Crippen LogP contribution in [0.2, 0.25) is 0 Å². The van der Waals surface area contributed by atoms with Gasteiger partial charge >= 0.3 is 0 Å². The summed E-state index contributed by atoms with van der Waals surface area (Å²) in [6.07, 6.45) is 0. The molecule has 0 unspecified atom stereocenters. The van der Waals surface area contributed by atoms with Crippen molar-refractivity contribution in [1.82, 2.24) is 47.9 Å². The Morgan fingerprint density at radius 2 is 0.355 bits per heavy atom. The predicted octanol–water partition coefficient (Wildman–Crippen LogP) is -4.79. The normalized spacial score (nSPS) is 11.4. The summed E-state index contributed by atoms with van der Waals surface area (Å²) in [6.45, 7) is 19.1. The summed E-state index contributed by atoms with van der Waals surface area (Å²) in [5.41, 5.74) is 10.8. The van der Waals surface area contributed by atoms with E-state index in [9.17, 15) is 0 Å². The van der Waals surface area contributed by atoms with Gasteiger partial charge in [-0.3, -0.25) is 0 Å². The zero-order valence-corrected chi connectivity index (χ0v) is 19.8. The van der Waals surface area contributed by atoms with E-state index in [1.54, 1.807) is 0 Å². The summed E-state index contributed by atoms with van der Waals surface area (Å²) in [6, 6.07) is 0. The first-order chi connectivity index (χ1) is 15.4. The average Bonchev–Trinajstić information content (AvgIpc) is 2.78. The van der Waals surface area contributed by atoms with Crippen molar-refractivity contribution in [2.24, 2.45) is 11.5 Å². The number of rotatable bonds is 28. The summed E-state index contributed by atoms with van der Waals surface area (Å²) in [5.74, 6) is 0. The molecule has 0 aliphatic carbocycles. The third-order valence-corrected chi connectivity index (χ3v) is 4.47. The third kappa shape index (κ3) is 29.6. The van der Waals surface area contributed by atoms with E-state index in [1.165, 1.54) is 0 Å². The Labute approximate surface area is 190 Å². The molecule has 0 heterocycles. The fourth-order valence-corrected chi connectivity index (χ4v) is 2.74. The van der Waals surface area contributed by atoms with E-state index in [0.29, 0.717) is 13.1 Å². The highest BCUT2D eigenvalue weighted by Gasteiger charge is 1.92. The van der Waals surface area contributed by atoms with Crippen molar-refractivity contribution in [2.75, 3.05) is 131 Å². The molecule has 0 amide bonds. The van der Waals surface area contributed by atoms with Crippen molar-refractivity contribution in [3.8, 4) is 0 Å². The van der Waals surface area contributed by atoms with Gasteiger partial charge in [0.1, 0.15) is 0 Å². The Kier molecular flexibility index (Phi) is 29.1. The molecule has 0 atom stereocenters. The SMILES string of the molecule is NCCNCCNCCNCCNCCNCCNCCNCCNCCNCCN. The maximum Gasteiger partial charge on any atom is 0.00772 e. The van der Waals surface area contributed by atoms with Crippen molar-refractivity contribution in [3.63, 3.8) is 0 Å². The fraction of sp³-hybridized carbons (Fsp3) is 1.00. The molecular formula is C20H53N11. The van der Waals surface area contributed by atoms with E-state index < -0.39 is 0 Å². The Morgan fingerprint density at radius 1 is 0.226 bits per heavy atom. The molecule has 0 aliphatic rings. The van der Waals surface area contributed by atoms with Gasteiger partial charge in [-0.15, -0.1) is 0 Å². The molecule has 0 saturated heterocycles. The number of nitrogens with two attached hydrogens (primary N) is 2. The zero-order valence-electron chi connectivity index (χ0n) is 19.8. The van der Waals surface area contributed by atoms with E-state index in [0.717, 1.165) is 118 Å². The Bertz CT molecular complexity index is 283. The minimum absolute atomic E-state index is 0.701. The van der Waals surface area contributed by atoms with E-state index in [1.807, 2.05) is 0 Å². The second kappa shape index (κ2) is 29.6. The van der Waals surface area contributed by atoms with Gasteiger partial charge in [0.2, 0.25) is 0 Å². The molecule has 0 aromatic carbocycles. The summed E-state index contributed by atoms with van der Waals surface area (Å²) in [4.78, 5) is 0. The number of hydrogen-bond acceptors (Lipinski definition) is 11. The van der Waals surface area contributed by atoms with Crippen molar-refractivity contribution in [3.05, 3.63) is 0 Å². The van der Waals surface area contributed by atoms with Crippen LogP contribution in [0.25, 0.3) is 0 Å². The summed E-state index contributed by atoms with van der Waals surface area (Å²) >= 11 is 0. The minimum Gasteiger partial charge on any atom is -0.329 e. The molecular weight excluding hydrogens is 394 g/mol. The van der Waals surface area contributed by atoms with Crippen LogP contribution in [0.1, 0.15) is 0 Å². The third-order valence-electron chi connectivity index (χ3n) is 4.47. The van der Waals surface area contributed by atoms with Crippen molar-refractivity contribution in [1.29, 1.82) is 0 Å². The van der Waals surface area contributed by atoms with Crippen LogP contribution in [-0.2, 0) is 0 Å². The Morgan fingerprint density at radius 3 is 0.484 bits per heavy atom. The van der Waals surface area contributed by atoms with E-state index in [4.69, 9.17) is 11.5 Å². The van der Waals surface area contributed by atoms with Gasteiger partial charge in [-0.05, 0) is 0 Å². The molecule has 0 rings (SSSR count). The zero-order chi connectivity index (χ0) is 22.5. The molecule has 0 saturated carbocycles. The minimum atomic E-state index is 0.701. The maximum absolute atomic E-state index is 5.42.